The summed E-state index contributed by atoms with van der Waals surface area (Å²) < 4.78 is 14.4. The number of aromatic hydroxyl groups is 1. The molecular formula is C42H55N7O5. The molecular weight excluding hydrogens is 683 g/mol. The summed E-state index contributed by atoms with van der Waals surface area (Å²) in [6.07, 6.45) is 7.02. The molecule has 0 aliphatic carbocycles. The Kier molecular flexibility index (Phi) is 10.8. The van der Waals surface area contributed by atoms with Crippen LogP contribution in [-0.4, -0.2) is 120 Å². The molecule has 1 fully saturated rings. The molecule has 0 spiro atoms. The normalized spacial score (nSPS) is 24.9. The molecule has 2 aromatic carbocycles. The molecule has 6 bridgehead atoms. The molecule has 54 heavy (non-hydrogen) atoms. The number of likely N-dealkylation sites (N-methyl/N-ethyl adjacent to an activating group) is 1. The lowest BCUT2D eigenvalue weighted by Gasteiger charge is -2.38. The number of esters is 1. The highest BCUT2D eigenvalue weighted by Crippen LogP contribution is 2.42. The minimum Gasteiger partial charge on any atom is -0.508 e. The number of aromatic nitrogens is 1. The van der Waals surface area contributed by atoms with Crippen LogP contribution in [-0.2, 0) is 38.4 Å². The third-order valence-corrected chi connectivity index (χ3v) is 11.4. The van der Waals surface area contributed by atoms with Crippen LogP contribution in [0.4, 0.5) is 0 Å². The minimum atomic E-state index is -0.895. The maximum absolute atomic E-state index is 13.5. The average molecular weight is 738 g/mol. The number of aryl methyl sites for hydroxylation is 1. The number of carbonyl (C=O) groups excluding carboxylic acids is 2. The lowest BCUT2D eigenvalue weighted by molar-refractivity contribution is -0.151. The van der Waals surface area contributed by atoms with Crippen LogP contribution >= 0.6 is 0 Å². The molecule has 1 aromatic heterocycles. The summed E-state index contributed by atoms with van der Waals surface area (Å²) in [5.41, 5.74) is 17.0. The molecule has 1 saturated heterocycles. The van der Waals surface area contributed by atoms with Crippen LogP contribution in [0.3, 0.4) is 0 Å². The van der Waals surface area contributed by atoms with Gasteiger partial charge in [-0.25, -0.2) is 10.2 Å². The van der Waals surface area contributed by atoms with E-state index in [2.05, 4.69) is 78.9 Å². The molecule has 0 radical (unpaired) electrons. The van der Waals surface area contributed by atoms with Crippen LogP contribution in [0.25, 0.3) is 27.6 Å². The van der Waals surface area contributed by atoms with E-state index in [4.69, 9.17) is 20.2 Å². The first-order chi connectivity index (χ1) is 25.8. The van der Waals surface area contributed by atoms with Crippen molar-refractivity contribution in [2.75, 3.05) is 53.5 Å². The van der Waals surface area contributed by atoms with E-state index in [1.807, 2.05) is 6.07 Å². The Balaban J connectivity index is 1.40. The van der Waals surface area contributed by atoms with E-state index in [1.165, 1.54) is 10.6 Å². The van der Waals surface area contributed by atoms with Crippen molar-refractivity contribution >= 4 is 34.6 Å². The number of phenolic OH excluding ortho intramolecular Hbond substituents is 1. The zero-order valence-corrected chi connectivity index (χ0v) is 32.5. The maximum atomic E-state index is 13.5. The van der Waals surface area contributed by atoms with Crippen molar-refractivity contribution in [3.05, 3.63) is 71.1 Å². The Labute approximate surface area is 318 Å². The molecule has 12 nitrogen and oxygen atoms in total. The fourth-order valence-electron chi connectivity index (χ4n) is 8.36. The number of benzene rings is 2. The van der Waals surface area contributed by atoms with Gasteiger partial charge < -0.3 is 29.8 Å². The molecule has 5 heterocycles. The second-order valence-electron chi connectivity index (χ2n) is 16.1. The van der Waals surface area contributed by atoms with Gasteiger partial charge in [0.15, 0.2) is 0 Å². The van der Waals surface area contributed by atoms with Gasteiger partial charge in [-0.1, -0.05) is 38.1 Å². The van der Waals surface area contributed by atoms with E-state index >= 15 is 0 Å². The first-order valence-electron chi connectivity index (χ1n) is 19.2. The second kappa shape index (κ2) is 15.4. The number of amides is 1. The minimum absolute atomic E-state index is 0.102. The molecule has 0 saturated carbocycles. The smallest absolute Gasteiger partial charge is 0.328 e. The molecule has 4 aliphatic rings. The number of hydrazine groups is 1. The van der Waals surface area contributed by atoms with Gasteiger partial charge in [0.1, 0.15) is 11.8 Å². The number of aliphatic imine (C=N–C) groups is 1. The zero-order chi connectivity index (χ0) is 38.3. The van der Waals surface area contributed by atoms with E-state index in [-0.39, 0.29) is 43.4 Å². The lowest BCUT2D eigenvalue weighted by Crippen LogP contribution is -2.57. The Morgan fingerprint density at radius 1 is 1.09 bits per heavy atom. The predicted octanol–water partition coefficient (Wildman–Crippen LogP) is 4.14. The summed E-state index contributed by atoms with van der Waals surface area (Å²) in [5, 5.41) is 13.4. The Morgan fingerprint density at radius 2 is 1.87 bits per heavy atom. The summed E-state index contributed by atoms with van der Waals surface area (Å²) in [4.78, 5) is 37.0. The first-order valence-corrected chi connectivity index (χ1v) is 19.2. The fourth-order valence-corrected chi connectivity index (χ4v) is 8.36. The maximum Gasteiger partial charge on any atom is 0.328 e. The van der Waals surface area contributed by atoms with E-state index in [9.17, 15) is 14.7 Å². The molecule has 4 aliphatic heterocycles. The molecule has 288 valence electrons. The number of cyclic esters (lactones) is 1. The van der Waals surface area contributed by atoms with Crippen LogP contribution in [0.2, 0.25) is 0 Å². The van der Waals surface area contributed by atoms with Crippen LogP contribution in [0.5, 0.6) is 5.75 Å². The average Bonchev–Trinajstić information content (AvgIpc) is 3.47. The molecule has 4 atom stereocenters. The third-order valence-electron chi connectivity index (χ3n) is 11.4. The topological polar surface area (TPSA) is 138 Å². The molecule has 3 aromatic rings. The summed E-state index contributed by atoms with van der Waals surface area (Å²) in [6.45, 7) is 13.7. The largest absolute Gasteiger partial charge is 0.508 e. The quantitative estimate of drug-likeness (QED) is 0.261. The molecule has 7 rings (SSSR count). The number of phenols is 1. The molecule has 12 heteroatoms. The summed E-state index contributed by atoms with van der Waals surface area (Å²) in [7, 11) is 3.91. The number of piperazine rings is 1. The SMILES string of the molecule is CCn1c(C2=C([C@H](C)OC)N=C[C@H](N3CCN(C)CC3)C2)c2c3cc(ccc31)-c1cc(O)cc(c1)C[C@H](N)C(=O)N1CC=C[C@H](N1)C(=O)OCC(C)(C)C2. The van der Waals surface area contributed by atoms with Crippen molar-refractivity contribution in [2.45, 2.75) is 77.7 Å². The Hall–Kier alpha value is -4.33. The van der Waals surface area contributed by atoms with Gasteiger partial charge in [-0.2, -0.15) is 0 Å². The fraction of sp³-hybridized carbons (Fsp3) is 0.500. The number of nitrogens with one attached hydrogen (secondary N) is 1. The van der Waals surface area contributed by atoms with Gasteiger partial charge in [0.25, 0.3) is 5.91 Å². The summed E-state index contributed by atoms with van der Waals surface area (Å²) in [6, 6.07) is 10.3. The van der Waals surface area contributed by atoms with Crippen molar-refractivity contribution in [1.29, 1.82) is 0 Å². The number of nitrogens with two attached hydrogens (primary N) is 1. The molecule has 4 N–H and O–H groups in total. The number of fused-ring (bicyclic) bond motifs is 6. The Bertz CT molecular complexity index is 2010. The molecule has 0 unspecified atom stereocenters. The van der Waals surface area contributed by atoms with Crippen molar-refractivity contribution in [2.24, 2.45) is 16.1 Å². The monoisotopic (exact) mass is 737 g/mol. The number of ether oxygens (including phenoxy) is 2. The van der Waals surface area contributed by atoms with Gasteiger partial charge in [-0.3, -0.25) is 19.7 Å². The highest BCUT2D eigenvalue weighted by atomic mass is 16.5. The van der Waals surface area contributed by atoms with Crippen LogP contribution in [0.15, 0.2) is 59.2 Å². The van der Waals surface area contributed by atoms with Crippen LogP contribution in [0.1, 0.15) is 50.9 Å². The number of hydrogen-bond acceptors (Lipinski definition) is 10. The number of hydrogen-bond donors (Lipinski definition) is 3. The van der Waals surface area contributed by atoms with E-state index in [0.29, 0.717) is 6.42 Å². The third kappa shape index (κ3) is 7.63. The first kappa shape index (κ1) is 38.0. The highest BCUT2D eigenvalue weighted by molar-refractivity contribution is 5.95. The number of nitrogens with zero attached hydrogens (tertiary/aromatic N) is 5. The standard InChI is InChI=1S/C42H55N7O5/c1-7-48-37-11-10-28-21-32(37)34(39(48)33-22-30(24-44-38(33)26(2)53-6)47-15-13-46(5)14-16-47)23-42(3,4)25-54-41(52)36-9-8-12-49(45-36)40(51)35(43)19-27-17-29(28)20-31(50)18-27/h8-11,17-18,20-21,24,26,30,35-36,45,50H,7,12-16,19,22-23,25,43H2,1-6H3/t26-,30+,35-,36-/m0/s1. The van der Waals surface area contributed by atoms with Gasteiger partial charge in [-0.05, 0) is 86.7 Å². The van der Waals surface area contributed by atoms with Gasteiger partial charge in [0, 0.05) is 74.0 Å². The number of methoxy groups -OCH3 is 1. The van der Waals surface area contributed by atoms with Crippen LogP contribution < -0.4 is 11.2 Å². The summed E-state index contributed by atoms with van der Waals surface area (Å²) >= 11 is 0. The zero-order valence-electron chi connectivity index (χ0n) is 32.5. The van der Waals surface area contributed by atoms with E-state index in [0.717, 1.165) is 83.7 Å². The van der Waals surface area contributed by atoms with E-state index in [1.54, 1.807) is 31.4 Å². The molecule has 1 amide bonds. The van der Waals surface area contributed by atoms with Crippen molar-refractivity contribution in [3.63, 3.8) is 0 Å². The lowest BCUT2D eigenvalue weighted by atomic mass is 9.83. The van der Waals surface area contributed by atoms with Gasteiger partial charge in [0.05, 0.1) is 36.7 Å². The Morgan fingerprint density at radius 3 is 2.61 bits per heavy atom. The number of rotatable bonds is 5. The van der Waals surface area contributed by atoms with Gasteiger partial charge >= 0.3 is 5.97 Å². The van der Waals surface area contributed by atoms with Gasteiger partial charge in [-0.15, -0.1) is 0 Å². The van der Waals surface area contributed by atoms with Gasteiger partial charge in [0.2, 0.25) is 0 Å². The van der Waals surface area contributed by atoms with E-state index < -0.39 is 23.5 Å². The predicted molar refractivity (Wildman–Crippen MR) is 212 cm³/mol. The van der Waals surface area contributed by atoms with Crippen LogP contribution in [0, 0.1) is 5.41 Å². The van der Waals surface area contributed by atoms with Crippen molar-refractivity contribution in [1.82, 2.24) is 24.8 Å². The number of carbonyl (C=O) groups is 2. The van der Waals surface area contributed by atoms with Crippen molar-refractivity contribution < 1.29 is 24.2 Å². The second-order valence-corrected chi connectivity index (χ2v) is 16.1. The highest BCUT2D eigenvalue weighted by Gasteiger charge is 2.35. The van der Waals surface area contributed by atoms with Crippen molar-refractivity contribution in [3.8, 4) is 16.9 Å². The summed E-state index contributed by atoms with van der Waals surface area (Å²) in [5.74, 6) is -0.704.